The van der Waals surface area contributed by atoms with Gasteiger partial charge in [-0.3, -0.25) is 9.69 Å². The van der Waals surface area contributed by atoms with Crippen molar-refractivity contribution in [2.45, 2.75) is 45.2 Å². The van der Waals surface area contributed by atoms with Gasteiger partial charge in [-0.15, -0.1) is 11.3 Å². The number of alkyl halides is 3. The molecule has 0 bridgehead atoms. The molecule has 8 heteroatoms. The van der Waals surface area contributed by atoms with E-state index in [4.69, 9.17) is 0 Å². The van der Waals surface area contributed by atoms with Crippen molar-refractivity contribution < 1.29 is 18.0 Å². The van der Waals surface area contributed by atoms with E-state index in [1.54, 1.807) is 0 Å². The number of halogens is 3. The zero-order valence-corrected chi connectivity index (χ0v) is 14.4. The van der Waals surface area contributed by atoms with Crippen LogP contribution in [0.15, 0.2) is 5.38 Å². The molecule has 1 fully saturated rings. The highest BCUT2D eigenvalue weighted by molar-refractivity contribution is 7.13. The van der Waals surface area contributed by atoms with Gasteiger partial charge in [0.25, 0.3) is 0 Å². The fraction of sp³-hybridized carbons (Fsp3) is 0.733. The quantitative estimate of drug-likeness (QED) is 0.906. The summed E-state index contributed by atoms with van der Waals surface area (Å²) in [4.78, 5) is 18.0. The monoisotopic (exact) mass is 349 g/mol. The molecular formula is C15H22F3N3OS. The van der Waals surface area contributed by atoms with Crippen molar-refractivity contribution in [1.29, 1.82) is 0 Å². The normalized spacial score (nSPS) is 18.2. The molecule has 1 N–H and O–H groups in total. The molecular weight excluding hydrogens is 327 g/mol. The summed E-state index contributed by atoms with van der Waals surface area (Å²) in [5.41, 5.74) is 0.834. The number of carbonyl (C=O) groups is 1. The molecule has 2 rings (SSSR count). The summed E-state index contributed by atoms with van der Waals surface area (Å²) in [6, 6.07) is 0. The first-order valence-electron chi connectivity index (χ1n) is 7.60. The van der Waals surface area contributed by atoms with Crippen molar-refractivity contribution in [2.75, 3.05) is 25.0 Å². The molecule has 0 aliphatic carbocycles. The molecule has 23 heavy (non-hydrogen) atoms. The highest BCUT2D eigenvalue weighted by atomic mass is 32.1. The average molecular weight is 349 g/mol. The third kappa shape index (κ3) is 5.46. The minimum Gasteiger partial charge on any atom is -0.302 e. The van der Waals surface area contributed by atoms with Crippen LogP contribution in [0, 0.1) is 5.92 Å². The lowest BCUT2D eigenvalue weighted by Gasteiger charge is -2.31. The molecule has 2 heterocycles. The van der Waals surface area contributed by atoms with E-state index in [0.29, 0.717) is 31.1 Å². The van der Waals surface area contributed by atoms with Crippen molar-refractivity contribution in [3.05, 3.63) is 11.1 Å². The predicted octanol–water partition coefficient (Wildman–Crippen LogP) is 3.65. The summed E-state index contributed by atoms with van der Waals surface area (Å²) in [6.07, 6.45) is -3.29. The molecule has 0 radical (unpaired) electrons. The second kappa shape index (κ2) is 6.76. The Morgan fingerprint density at radius 2 is 1.96 bits per heavy atom. The number of rotatable bonds is 3. The van der Waals surface area contributed by atoms with E-state index in [2.05, 4.69) is 10.3 Å². The highest BCUT2D eigenvalue weighted by Gasteiger charge is 2.34. The van der Waals surface area contributed by atoms with Gasteiger partial charge in [-0.25, -0.2) is 4.98 Å². The van der Waals surface area contributed by atoms with E-state index >= 15 is 0 Å². The first kappa shape index (κ1) is 18.2. The molecule has 4 nitrogen and oxygen atoms in total. The maximum absolute atomic E-state index is 12.4. The SMILES string of the molecule is CC(C)(C)c1csc(NC(=O)C2CCN(CC(F)(F)F)CC2)n1. The van der Waals surface area contributed by atoms with Gasteiger partial charge in [0.15, 0.2) is 5.13 Å². The van der Waals surface area contributed by atoms with E-state index in [1.807, 2.05) is 26.2 Å². The Bertz CT molecular complexity index is 543. The second-order valence-electron chi connectivity index (χ2n) is 6.94. The molecule has 1 aliphatic heterocycles. The third-order valence-electron chi connectivity index (χ3n) is 3.86. The summed E-state index contributed by atoms with van der Waals surface area (Å²) in [5.74, 6) is -0.395. The van der Waals surface area contributed by atoms with Crippen molar-refractivity contribution in [3.63, 3.8) is 0 Å². The highest BCUT2D eigenvalue weighted by Crippen LogP contribution is 2.28. The molecule has 0 spiro atoms. The van der Waals surface area contributed by atoms with Gasteiger partial charge in [0.05, 0.1) is 12.2 Å². The Morgan fingerprint density at radius 3 is 2.43 bits per heavy atom. The van der Waals surface area contributed by atoms with Crippen molar-refractivity contribution in [3.8, 4) is 0 Å². The first-order valence-corrected chi connectivity index (χ1v) is 8.48. The fourth-order valence-corrected chi connectivity index (χ4v) is 3.43. The van der Waals surface area contributed by atoms with E-state index in [9.17, 15) is 18.0 Å². The summed E-state index contributed by atoms with van der Waals surface area (Å²) >= 11 is 1.37. The molecule has 0 saturated carbocycles. The van der Waals surface area contributed by atoms with Crippen molar-refractivity contribution >= 4 is 22.4 Å². The molecule has 0 unspecified atom stereocenters. The number of carbonyl (C=O) groups excluding carboxylic acids is 1. The van der Waals surface area contributed by atoms with Gasteiger partial charge < -0.3 is 5.32 Å². The van der Waals surface area contributed by atoms with Gasteiger partial charge in [-0.05, 0) is 25.9 Å². The van der Waals surface area contributed by atoms with E-state index in [1.165, 1.54) is 16.2 Å². The van der Waals surface area contributed by atoms with E-state index in [-0.39, 0.29) is 17.2 Å². The minimum absolute atomic E-state index is 0.0809. The number of piperidine rings is 1. The summed E-state index contributed by atoms with van der Waals surface area (Å²) in [7, 11) is 0. The molecule has 0 aromatic carbocycles. The lowest BCUT2D eigenvalue weighted by atomic mass is 9.93. The smallest absolute Gasteiger partial charge is 0.302 e. The summed E-state index contributed by atoms with van der Waals surface area (Å²) < 4.78 is 37.1. The molecule has 1 amide bonds. The molecule has 1 aromatic heterocycles. The van der Waals surface area contributed by atoms with Gasteiger partial charge in [0.1, 0.15) is 0 Å². The fourth-order valence-electron chi connectivity index (χ4n) is 2.49. The number of hydrogen-bond donors (Lipinski definition) is 1. The predicted molar refractivity (Wildman–Crippen MR) is 84.7 cm³/mol. The molecule has 0 atom stereocenters. The van der Waals surface area contributed by atoms with Crippen molar-refractivity contribution in [1.82, 2.24) is 9.88 Å². The number of hydrogen-bond acceptors (Lipinski definition) is 4. The summed E-state index contributed by atoms with van der Waals surface area (Å²) in [5, 5.41) is 5.27. The maximum atomic E-state index is 12.4. The van der Waals surface area contributed by atoms with Gasteiger partial charge in [0, 0.05) is 16.7 Å². The van der Waals surface area contributed by atoms with Gasteiger partial charge in [-0.2, -0.15) is 13.2 Å². The largest absolute Gasteiger partial charge is 0.401 e. The van der Waals surface area contributed by atoms with Crippen LogP contribution >= 0.6 is 11.3 Å². The molecule has 1 aromatic rings. The number of anilines is 1. The zero-order chi connectivity index (χ0) is 17.3. The number of aromatic nitrogens is 1. The lowest BCUT2D eigenvalue weighted by molar-refractivity contribution is -0.149. The van der Waals surface area contributed by atoms with Crippen LogP contribution in [0.4, 0.5) is 18.3 Å². The van der Waals surface area contributed by atoms with Crippen LogP contribution in [0.25, 0.3) is 0 Å². The van der Waals surface area contributed by atoms with Crippen LogP contribution < -0.4 is 5.32 Å². The zero-order valence-electron chi connectivity index (χ0n) is 13.5. The number of nitrogens with one attached hydrogen (secondary N) is 1. The van der Waals surface area contributed by atoms with E-state index < -0.39 is 12.7 Å². The van der Waals surface area contributed by atoms with Crippen LogP contribution in [-0.2, 0) is 10.2 Å². The number of thiazole rings is 1. The standard InChI is InChI=1S/C15H22F3N3OS/c1-14(2,3)11-8-23-13(19-11)20-12(22)10-4-6-21(7-5-10)9-15(16,17)18/h8,10H,4-7,9H2,1-3H3,(H,19,20,22). The number of nitrogens with zero attached hydrogens (tertiary/aromatic N) is 2. The molecule has 130 valence electrons. The second-order valence-corrected chi connectivity index (χ2v) is 7.80. The Balaban J connectivity index is 1.85. The van der Waals surface area contributed by atoms with Crippen LogP contribution in [-0.4, -0.2) is 41.6 Å². The maximum Gasteiger partial charge on any atom is 0.401 e. The minimum atomic E-state index is -4.18. The van der Waals surface area contributed by atoms with Crippen LogP contribution in [0.3, 0.4) is 0 Å². The van der Waals surface area contributed by atoms with Crippen molar-refractivity contribution in [2.24, 2.45) is 5.92 Å². The first-order chi connectivity index (χ1) is 10.5. The van der Waals surface area contributed by atoms with Crippen LogP contribution in [0.2, 0.25) is 0 Å². The molecule has 1 saturated heterocycles. The number of amides is 1. The van der Waals surface area contributed by atoms with Gasteiger partial charge >= 0.3 is 6.18 Å². The van der Waals surface area contributed by atoms with Crippen LogP contribution in [0.5, 0.6) is 0 Å². The third-order valence-corrected chi connectivity index (χ3v) is 4.62. The molecule has 1 aliphatic rings. The Morgan fingerprint density at radius 1 is 1.35 bits per heavy atom. The lowest BCUT2D eigenvalue weighted by Crippen LogP contribution is -2.42. The van der Waals surface area contributed by atoms with Crippen LogP contribution in [0.1, 0.15) is 39.3 Å². The Kier molecular flexibility index (Phi) is 5.35. The van der Waals surface area contributed by atoms with Gasteiger partial charge in [-0.1, -0.05) is 20.8 Å². The summed E-state index contributed by atoms with van der Waals surface area (Å²) in [6.45, 7) is 5.83. The van der Waals surface area contributed by atoms with Gasteiger partial charge in [0.2, 0.25) is 5.91 Å². The van der Waals surface area contributed by atoms with E-state index in [0.717, 1.165) is 5.69 Å². The number of likely N-dealkylation sites (tertiary alicyclic amines) is 1. The average Bonchev–Trinajstić information content (AvgIpc) is 2.86. The Hall–Kier alpha value is -1.15. The topological polar surface area (TPSA) is 45.2 Å². The Labute approximate surface area is 138 Å².